The van der Waals surface area contributed by atoms with E-state index in [4.69, 9.17) is 5.73 Å². The summed E-state index contributed by atoms with van der Waals surface area (Å²) in [4.78, 5) is 33.8. The van der Waals surface area contributed by atoms with Gasteiger partial charge in [0.1, 0.15) is 6.04 Å². The number of carboxylic acid groups (broad SMARTS) is 1. The van der Waals surface area contributed by atoms with Crippen LogP contribution in [0.5, 0.6) is 0 Å². The predicted octanol–water partition coefficient (Wildman–Crippen LogP) is 4.82. The molecule has 5 N–H and O–H groups in total. The molecule has 0 heterocycles. The van der Waals surface area contributed by atoms with E-state index in [1.165, 1.54) is 25.7 Å². The molecule has 1 atom stereocenters. The van der Waals surface area contributed by atoms with Crippen LogP contribution in [0.1, 0.15) is 96.8 Å². The van der Waals surface area contributed by atoms with Crippen molar-refractivity contribution in [2.45, 2.75) is 103 Å². The third-order valence-corrected chi connectivity index (χ3v) is 4.96. The lowest BCUT2D eigenvalue weighted by Crippen LogP contribution is -2.41. The summed E-state index contributed by atoms with van der Waals surface area (Å²) in [6.45, 7) is 2.51. The highest BCUT2D eigenvalue weighted by atomic mass is 16.4. The van der Waals surface area contributed by atoms with Crippen molar-refractivity contribution in [3.63, 3.8) is 0 Å². The molecule has 0 aliphatic rings. The molecule has 0 rings (SSSR count). The maximum absolute atomic E-state index is 12.0. The molecule has 0 aliphatic carbocycles. The molecule has 0 aromatic heterocycles. The van der Waals surface area contributed by atoms with Gasteiger partial charge in [-0.15, -0.1) is 0 Å². The second-order valence-corrected chi connectivity index (χ2v) is 7.87. The van der Waals surface area contributed by atoms with E-state index in [9.17, 15) is 19.5 Å². The Morgan fingerprint density at radius 3 is 2.10 bits per heavy atom. The minimum Gasteiger partial charge on any atom is -0.480 e. The fourth-order valence-electron chi connectivity index (χ4n) is 3.14. The molecule has 0 aromatic rings. The molecule has 0 aliphatic heterocycles. The number of unbranched alkanes of at least 4 members (excludes halogenated alkanes) is 8. The Balaban J connectivity index is 3.65. The van der Waals surface area contributed by atoms with Gasteiger partial charge in [-0.05, 0) is 51.4 Å². The zero-order valence-corrected chi connectivity index (χ0v) is 19.2. The maximum Gasteiger partial charge on any atom is 0.326 e. The number of amides is 3. The third-order valence-electron chi connectivity index (χ3n) is 4.96. The van der Waals surface area contributed by atoms with Crippen LogP contribution in [0.4, 0.5) is 4.79 Å². The monoisotopic (exact) mass is 437 g/mol. The highest BCUT2D eigenvalue weighted by molar-refractivity contribution is 5.83. The first kappa shape index (κ1) is 28.7. The Hall–Kier alpha value is -2.31. The number of primary amides is 1. The van der Waals surface area contributed by atoms with Crippen LogP contribution in [0, 0.1) is 0 Å². The Bertz CT molecular complexity index is 547. The largest absolute Gasteiger partial charge is 0.480 e. The number of aliphatic carboxylic acids is 1. The zero-order valence-electron chi connectivity index (χ0n) is 19.2. The summed E-state index contributed by atoms with van der Waals surface area (Å²) in [5.74, 6) is -1.30. The van der Waals surface area contributed by atoms with Crippen molar-refractivity contribution in [3.05, 3.63) is 24.3 Å². The number of hydrogen-bond acceptors (Lipinski definition) is 3. The van der Waals surface area contributed by atoms with E-state index < -0.39 is 18.0 Å². The van der Waals surface area contributed by atoms with Crippen LogP contribution in [0.2, 0.25) is 0 Å². The van der Waals surface area contributed by atoms with Crippen molar-refractivity contribution in [1.82, 2.24) is 10.6 Å². The van der Waals surface area contributed by atoms with Gasteiger partial charge in [0, 0.05) is 13.0 Å². The van der Waals surface area contributed by atoms with Gasteiger partial charge in [-0.25, -0.2) is 9.59 Å². The van der Waals surface area contributed by atoms with Crippen LogP contribution < -0.4 is 16.4 Å². The number of carbonyl (C=O) groups is 3. The van der Waals surface area contributed by atoms with E-state index >= 15 is 0 Å². The first-order valence-corrected chi connectivity index (χ1v) is 11.8. The minimum atomic E-state index is -1.06. The number of carboxylic acids is 1. The maximum atomic E-state index is 12.0. The Morgan fingerprint density at radius 1 is 0.871 bits per heavy atom. The van der Waals surface area contributed by atoms with Gasteiger partial charge in [-0.3, -0.25) is 4.79 Å². The lowest BCUT2D eigenvalue weighted by atomic mass is 10.1. The van der Waals surface area contributed by atoms with E-state index in [1.807, 2.05) is 0 Å². The molecule has 0 fully saturated rings. The number of nitrogens with one attached hydrogen (secondary N) is 2. The van der Waals surface area contributed by atoms with Crippen molar-refractivity contribution < 1.29 is 19.5 Å². The van der Waals surface area contributed by atoms with Gasteiger partial charge in [0.2, 0.25) is 5.91 Å². The number of allylic oxidation sites excluding steroid dienone is 4. The first-order chi connectivity index (χ1) is 15.0. The molecular formula is C24H43N3O4. The number of hydrogen-bond donors (Lipinski definition) is 4. The van der Waals surface area contributed by atoms with Gasteiger partial charge >= 0.3 is 12.0 Å². The molecule has 0 spiro atoms. The molecule has 7 nitrogen and oxygen atoms in total. The summed E-state index contributed by atoms with van der Waals surface area (Å²) in [6, 6.07) is -1.57. The van der Waals surface area contributed by atoms with E-state index in [2.05, 4.69) is 41.9 Å². The number of carbonyl (C=O) groups excluding carboxylic acids is 2. The molecule has 0 radical (unpaired) electrons. The summed E-state index contributed by atoms with van der Waals surface area (Å²) in [5.41, 5.74) is 4.96. The van der Waals surface area contributed by atoms with Crippen LogP contribution in [-0.2, 0) is 9.59 Å². The van der Waals surface area contributed by atoms with Gasteiger partial charge in [-0.2, -0.15) is 0 Å². The van der Waals surface area contributed by atoms with E-state index in [-0.39, 0.29) is 12.3 Å². The van der Waals surface area contributed by atoms with Crippen molar-refractivity contribution in [2.75, 3.05) is 6.54 Å². The van der Waals surface area contributed by atoms with Gasteiger partial charge in [0.15, 0.2) is 0 Å². The molecule has 178 valence electrons. The molecule has 31 heavy (non-hydrogen) atoms. The lowest BCUT2D eigenvalue weighted by Gasteiger charge is -2.14. The van der Waals surface area contributed by atoms with Crippen molar-refractivity contribution in [2.24, 2.45) is 5.73 Å². The van der Waals surface area contributed by atoms with Crippen LogP contribution in [-0.4, -0.2) is 35.6 Å². The average Bonchev–Trinajstić information content (AvgIpc) is 2.72. The molecule has 0 unspecified atom stereocenters. The molecule has 0 saturated carbocycles. The predicted molar refractivity (Wildman–Crippen MR) is 126 cm³/mol. The van der Waals surface area contributed by atoms with Crippen LogP contribution >= 0.6 is 0 Å². The zero-order chi connectivity index (χ0) is 23.2. The smallest absolute Gasteiger partial charge is 0.326 e. The van der Waals surface area contributed by atoms with Gasteiger partial charge in [0.25, 0.3) is 0 Å². The van der Waals surface area contributed by atoms with Gasteiger partial charge in [-0.1, -0.05) is 63.3 Å². The van der Waals surface area contributed by atoms with E-state index in [0.717, 1.165) is 44.9 Å². The van der Waals surface area contributed by atoms with Crippen molar-refractivity contribution >= 4 is 17.9 Å². The fraction of sp³-hybridized carbons (Fsp3) is 0.708. The van der Waals surface area contributed by atoms with Crippen LogP contribution in [0.25, 0.3) is 0 Å². The highest BCUT2D eigenvalue weighted by Gasteiger charge is 2.19. The van der Waals surface area contributed by atoms with Gasteiger partial charge in [0.05, 0.1) is 0 Å². The summed E-state index contributed by atoms with van der Waals surface area (Å²) in [7, 11) is 0. The fourth-order valence-corrected chi connectivity index (χ4v) is 3.14. The second kappa shape index (κ2) is 20.9. The van der Waals surface area contributed by atoms with Crippen molar-refractivity contribution in [1.29, 1.82) is 0 Å². The summed E-state index contributed by atoms with van der Waals surface area (Å²) in [5, 5.41) is 14.2. The summed E-state index contributed by atoms with van der Waals surface area (Å²) < 4.78 is 0. The Morgan fingerprint density at radius 2 is 1.48 bits per heavy atom. The van der Waals surface area contributed by atoms with Gasteiger partial charge < -0.3 is 21.5 Å². The molecule has 0 saturated heterocycles. The highest BCUT2D eigenvalue weighted by Crippen LogP contribution is 2.08. The average molecular weight is 438 g/mol. The van der Waals surface area contributed by atoms with Crippen molar-refractivity contribution in [3.8, 4) is 0 Å². The first-order valence-electron chi connectivity index (χ1n) is 11.8. The van der Waals surface area contributed by atoms with Crippen LogP contribution in [0.15, 0.2) is 24.3 Å². The van der Waals surface area contributed by atoms with E-state index in [0.29, 0.717) is 19.4 Å². The standard InChI is InChI=1S/C24H43N3O4/c1-2-3-4-5-6-7-8-9-10-11-12-13-14-15-16-19-22(28)27-21(23(29)30)18-17-20-26-24(25)31/h6-7,9-10,21H,2-5,8,11-20H2,1H3,(H,27,28)(H,29,30)(H3,25,26,31)/b7-6-,10-9-/t21-/m0/s1. The Labute approximate surface area is 187 Å². The topological polar surface area (TPSA) is 122 Å². The van der Waals surface area contributed by atoms with E-state index in [1.54, 1.807) is 0 Å². The molecular weight excluding hydrogens is 394 g/mol. The second-order valence-electron chi connectivity index (χ2n) is 7.87. The summed E-state index contributed by atoms with van der Waals surface area (Å²) in [6.07, 6.45) is 22.3. The number of rotatable bonds is 20. The molecule has 0 bridgehead atoms. The van der Waals surface area contributed by atoms with Crippen LogP contribution in [0.3, 0.4) is 0 Å². The molecule has 3 amide bonds. The lowest BCUT2D eigenvalue weighted by molar-refractivity contribution is -0.142. The summed E-state index contributed by atoms with van der Waals surface area (Å²) >= 11 is 0. The molecule has 7 heteroatoms. The SMILES string of the molecule is CCCCC/C=C\C/C=C\CCCCCCCC(=O)N[C@@H](CCCNC(N)=O)C(=O)O. The third kappa shape index (κ3) is 20.7. The quantitative estimate of drug-likeness (QED) is 0.161. The Kier molecular flexibility index (Phi) is 19.4. The minimum absolute atomic E-state index is 0.235. The number of urea groups is 1. The number of nitrogens with two attached hydrogens (primary N) is 1. The normalized spacial score (nSPS) is 12.3. The molecule has 0 aromatic carbocycles.